The van der Waals surface area contributed by atoms with Crippen LogP contribution in [0.15, 0.2) is 75.6 Å². The summed E-state index contributed by atoms with van der Waals surface area (Å²) in [5.74, 6) is -2.86. The molecule has 0 saturated carbocycles. The van der Waals surface area contributed by atoms with Crippen molar-refractivity contribution in [3.05, 3.63) is 75.6 Å². The number of carbonyl (C=O) groups excluding carboxylic acids is 4. The molecule has 0 aliphatic carbocycles. The van der Waals surface area contributed by atoms with Crippen molar-refractivity contribution in [2.75, 3.05) is 52.9 Å². The van der Waals surface area contributed by atoms with Gasteiger partial charge in [0.25, 0.3) is 0 Å². The van der Waals surface area contributed by atoms with Crippen molar-refractivity contribution in [1.82, 2.24) is 0 Å². The van der Waals surface area contributed by atoms with Crippen molar-refractivity contribution in [1.29, 1.82) is 0 Å². The number of rotatable bonds is 21. The molecule has 0 aliphatic rings. The number of hydrogen-bond donors (Lipinski definition) is 1. The van der Waals surface area contributed by atoms with E-state index in [0.29, 0.717) is 0 Å². The molecule has 11 nitrogen and oxygen atoms in total. The summed E-state index contributed by atoms with van der Waals surface area (Å²) >= 11 is 0. The maximum atomic E-state index is 11.8. The normalized spacial score (nSPS) is 10.7. The summed E-state index contributed by atoms with van der Waals surface area (Å²) in [5, 5.41) is 10.1. The third kappa shape index (κ3) is 13.1. The lowest BCUT2D eigenvalue weighted by atomic mass is 9.90. The second-order valence-corrected chi connectivity index (χ2v) is 7.86. The Morgan fingerprint density at radius 3 is 1.19 bits per heavy atom. The number of aliphatic hydroxyl groups excluding tert-OH is 1. The van der Waals surface area contributed by atoms with Crippen molar-refractivity contribution in [3.8, 4) is 0 Å². The summed E-state index contributed by atoms with van der Waals surface area (Å²) in [6, 6.07) is 0. The highest BCUT2D eigenvalue weighted by Gasteiger charge is 2.39. The van der Waals surface area contributed by atoms with Crippen LogP contribution in [-0.4, -0.2) is 81.8 Å². The number of esters is 4. The van der Waals surface area contributed by atoms with E-state index < -0.39 is 54.5 Å². The Balaban J connectivity index is 5.92. The molecule has 0 fully saturated rings. The molecule has 0 rings (SSSR count). The maximum absolute atomic E-state index is 11.8. The molecular weight excluding hydrogens is 488 g/mol. The van der Waals surface area contributed by atoms with Crippen LogP contribution in [0, 0.1) is 10.8 Å². The van der Waals surface area contributed by atoms with Crippen LogP contribution >= 0.6 is 0 Å². The first-order valence-corrected chi connectivity index (χ1v) is 10.8. The Hall–Kier alpha value is -3.96. The molecule has 11 heteroatoms. The highest BCUT2D eigenvalue weighted by atomic mass is 16.6. The zero-order valence-corrected chi connectivity index (χ0v) is 20.8. The Morgan fingerprint density at radius 2 is 0.865 bits per heavy atom. The summed E-state index contributed by atoms with van der Waals surface area (Å²) in [6.07, 6.45) is 5.09. The van der Waals surface area contributed by atoms with Crippen LogP contribution < -0.4 is 0 Å². The van der Waals surface area contributed by atoms with Crippen LogP contribution in [-0.2, 0) is 47.6 Å². The lowest BCUT2D eigenvalue weighted by Crippen LogP contribution is -2.46. The quantitative estimate of drug-likeness (QED) is 0.0772. The van der Waals surface area contributed by atoms with E-state index in [2.05, 4.69) is 39.5 Å². The minimum atomic E-state index is -1.38. The molecule has 204 valence electrons. The van der Waals surface area contributed by atoms with E-state index >= 15 is 0 Å². The van der Waals surface area contributed by atoms with Gasteiger partial charge < -0.3 is 33.5 Å². The third-order valence-corrected chi connectivity index (χ3v) is 4.69. The summed E-state index contributed by atoms with van der Waals surface area (Å²) in [6.45, 7) is 17.6. The molecule has 0 radical (unpaired) electrons. The first-order valence-electron chi connectivity index (χ1n) is 10.8. The van der Waals surface area contributed by atoms with Crippen molar-refractivity contribution >= 4 is 23.9 Å². The predicted octanol–water partition coefficient (Wildman–Crippen LogP) is 1.60. The fourth-order valence-corrected chi connectivity index (χ4v) is 2.43. The first kappa shape index (κ1) is 33.0. The largest absolute Gasteiger partial charge is 0.493 e. The third-order valence-electron chi connectivity index (χ3n) is 4.69. The summed E-state index contributed by atoms with van der Waals surface area (Å²) in [5.41, 5.74) is -2.66. The van der Waals surface area contributed by atoms with Crippen LogP contribution in [0.4, 0.5) is 0 Å². The Morgan fingerprint density at radius 1 is 0.541 bits per heavy atom. The SMILES string of the molecule is C=CC(=C)OCC(COCC(CO)(COC(=O)C=C)COC(=O)C=C)(COC(=O)C=C)COC(=O)C=C. The monoisotopic (exact) mass is 522 g/mol. The molecule has 0 heterocycles. The van der Waals surface area contributed by atoms with Gasteiger partial charge in [-0.15, -0.1) is 0 Å². The van der Waals surface area contributed by atoms with Gasteiger partial charge in [-0.25, -0.2) is 19.2 Å². The number of aliphatic hydroxyl groups is 1. The van der Waals surface area contributed by atoms with Crippen LogP contribution in [0.25, 0.3) is 0 Å². The lowest BCUT2D eigenvalue weighted by molar-refractivity contribution is -0.163. The second-order valence-electron chi connectivity index (χ2n) is 7.86. The van der Waals surface area contributed by atoms with Gasteiger partial charge in [0, 0.05) is 24.3 Å². The second kappa shape index (κ2) is 17.5. The lowest BCUT2D eigenvalue weighted by Gasteiger charge is -2.35. The van der Waals surface area contributed by atoms with Crippen molar-refractivity contribution in [2.45, 2.75) is 0 Å². The molecule has 0 saturated heterocycles. The van der Waals surface area contributed by atoms with E-state index in [0.717, 1.165) is 24.3 Å². The zero-order valence-electron chi connectivity index (χ0n) is 20.8. The number of ether oxygens (including phenoxy) is 6. The average molecular weight is 523 g/mol. The number of carbonyl (C=O) groups is 4. The Labute approximate surface area is 216 Å². The van der Waals surface area contributed by atoms with E-state index in [4.69, 9.17) is 28.4 Å². The van der Waals surface area contributed by atoms with E-state index in [1.54, 1.807) is 0 Å². The summed E-state index contributed by atoms with van der Waals surface area (Å²) in [7, 11) is 0. The summed E-state index contributed by atoms with van der Waals surface area (Å²) < 4.78 is 31.8. The van der Waals surface area contributed by atoms with Gasteiger partial charge in [0.05, 0.1) is 30.7 Å². The molecule has 37 heavy (non-hydrogen) atoms. The van der Waals surface area contributed by atoms with E-state index in [1.807, 2.05) is 0 Å². The molecule has 0 bridgehead atoms. The molecule has 1 N–H and O–H groups in total. The van der Waals surface area contributed by atoms with Gasteiger partial charge in [0.15, 0.2) is 0 Å². The van der Waals surface area contributed by atoms with Gasteiger partial charge in [0.1, 0.15) is 38.8 Å². The molecule has 0 aromatic heterocycles. The van der Waals surface area contributed by atoms with Gasteiger partial charge in [-0.3, -0.25) is 0 Å². The van der Waals surface area contributed by atoms with Crippen molar-refractivity contribution < 1.29 is 52.7 Å². The maximum Gasteiger partial charge on any atom is 0.330 e. The van der Waals surface area contributed by atoms with Gasteiger partial charge in [-0.1, -0.05) is 39.5 Å². The molecule has 0 unspecified atom stereocenters. The van der Waals surface area contributed by atoms with Crippen molar-refractivity contribution in [2.24, 2.45) is 10.8 Å². The van der Waals surface area contributed by atoms with E-state index in [1.165, 1.54) is 6.08 Å². The zero-order chi connectivity index (χ0) is 28.3. The minimum Gasteiger partial charge on any atom is -0.493 e. The van der Waals surface area contributed by atoms with Crippen LogP contribution in [0.5, 0.6) is 0 Å². The minimum absolute atomic E-state index is 0.187. The standard InChI is InChI=1S/C26H34O11/c1-7-20(6)33-17-26(18-36-23(30)10-4,19-37-24(31)11-5)14-32-13-25(12-27,15-34-21(28)8-2)16-35-22(29)9-3/h7-11,27H,1-6,12-19H2. The van der Waals surface area contributed by atoms with Crippen LogP contribution in [0.2, 0.25) is 0 Å². The fourth-order valence-electron chi connectivity index (χ4n) is 2.43. The van der Waals surface area contributed by atoms with Gasteiger partial charge >= 0.3 is 23.9 Å². The highest BCUT2D eigenvalue weighted by molar-refractivity contribution is 5.82. The van der Waals surface area contributed by atoms with Gasteiger partial charge in [0.2, 0.25) is 0 Å². The highest BCUT2D eigenvalue weighted by Crippen LogP contribution is 2.25. The molecule has 0 atom stereocenters. The molecule has 0 spiro atoms. The molecule has 0 aromatic carbocycles. The topological polar surface area (TPSA) is 144 Å². The first-order chi connectivity index (χ1) is 17.5. The van der Waals surface area contributed by atoms with E-state index in [9.17, 15) is 24.3 Å². The fraction of sp³-hybridized carbons (Fsp3) is 0.385. The predicted molar refractivity (Wildman–Crippen MR) is 133 cm³/mol. The molecular formula is C26H34O11. The molecule has 0 aromatic rings. The van der Waals surface area contributed by atoms with Crippen LogP contribution in [0.3, 0.4) is 0 Å². The molecule has 0 aliphatic heterocycles. The summed E-state index contributed by atoms with van der Waals surface area (Å²) in [4.78, 5) is 46.7. The smallest absolute Gasteiger partial charge is 0.330 e. The number of allylic oxidation sites excluding steroid dienone is 1. The number of hydrogen-bond acceptors (Lipinski definition) is 11. The average Bonchev–Trinajstić information content (AvgIpc) is 2.93. The Bertz CT molecular complexity index is 788. The molecule has 0 amide bonds. The van der Waals surface area contributed by atoms with Gasteiger partial charge in [-0.05, 0) is 6.08 Å². The Kier molecular flexibility index (Phi) is 15.6. The van der Waals surface area contributed by atoms with E-state index in [-0.39, 0.29) is 38.8 Å². The van der Waals surface area contributed by atoms with Crippen LogP contribution in [0.1, 0.15) is 0 Å². The van der Waals surface area contributed by atoms with Crippen molar-refractivity contribution in [3.63, 3.8) is 0 Å². The van der Waals surface area contributed by atoms with Gasteiger partial charge in [-0.2, -0.15) is 0 Å².